The van der Waals surface area contributed by atoms with Crippen LogP contribution in [0.1, 0.15) is 35.5 Å². The van der Waals surface area contributed by atoms with E-state index < -0.39 is 6.04 Å². The zero-order valence-electron chi connectivity index (χ0n) is 15.3. The Morgan fingerprint density at radius 3 is 2.73 bits per heavy atom. The summed E-state index contributed by atoms with van der Waals surface area (Å²) in [6, 6.07) is 7.88. The number of carbonyl (C=O) groups is 1. The van der Waals surface area contributed by atoms with Gasteiger partial charge in [0.2, 0.25) is 5.91 Å². The Hall–Kier alpha value is -2.41. The van der Waals surface area contributed by atoms with E-state index in [4.69, 9.17) is 0 Å². The van der Waals surface area contributed by atoms with Gasteiger partial charge in [-0.1, -0.05) is 29.8 Å². The number of nitrogens with zero attached hydrogens (tertiary/aromatic N) is 4. The maximum absolute atomic E-state index is 12.6. The van der Waals surface area contributed by atoms with Crippen LogP contribution in [0, 0.1) is 20.8 Å². The molecule has 0 aliphatic rings. The molecule has 0 spiro atoms. The molecule has 0 saturated heterocycles. The zero-order chi connectivity index (χ0) is 18.8. The van der Waals surface area contributed by atoms with E-state index in [1.807, 2.05) is 37.7 Å². The summed E-state index contributed by atoms with van der Waals surface area (Å²) in [5.41, 5.74) is 4.86. The van der Waals surface area contributed by atoms with Crippen molar-refractivity contribution in [1.82, 2.24) is 19.6 Å². The number of anilines is 1. The maximum atomic E-state index is 12.6. The predicted octanol–water partition coefficient (Wildman–Crippen LogP) is 4.02. The third-order valence-electron chi connectivity index (χ3n) is 4.31. The van der Waals surface area contributed by atoms with Gasteiger partial charge in [-0.05, 0) is 49.2 Å². The molecule has 0 bridgehead atoms. The SMILES string of the molecule is Cc1cccc(Cn2cc(NC(=O)C(C)n3nc(C)c(Br)c3C)cn2)c1. The first-order valence-electron chi connectivity index (χ1n) is 8.45. The van der Waals surface area contributed by atoms with Gasteiger partial charge in [0.1, 0.15) is 6.04 Å². The van der Waals surface area contributed by atoms with Crippen molar-refractivity contribution in [3.63, 3.8) is 0 Å². The molecule has 0 saturated carbocycles. The lowest BCUT2D eigenvalue weighted by Gasteiger charge is -2.13. The number of carbonyl (C=O) groups excluding carboxylic acids is 1. The van der Waals surface area contributed by atoms with Crippen LogP contribution in [0.5, 0.6) is 0 Å². The topological polar surface area (TPSA) is 64.7 Å². The fraction of sp³-hybridized carbons (Fsp3) is 0.316. The summed E-state index contributed by atoms with van der Waals surface area (Å²) >= 11 is 3.50. The van der Waals surface area contributed by atoms with Gasteiger partial charge in [0.05, 0.1) is 34.3 Å². The van der Waals surface area contributed by atoms with Crippen LogP contribution in [-0.2, 0) is 11.3 Å². The third kappa shape index (κ3) is 3.88. The lowest BCUT2D eigenvalue weighted by atomic mass is 10.1. The van der Waals surface area contributed by atoms with Gasteiger partial charge >= 0.3 is 0 Å². The molecule has 1 unspecified atom stereocenters. The smallest absolute Gasteiger partial charge is 0.249 e. The highest BCUT2D eigenvalue weighted by molar-refractivity contribution is 9.10. The Balaban J connectivity index is 1.68. The van der Waals surface area contributed by atoms with Gasteiger partial charge in [0.15, 0.2) is 0 Å². The van der Waals surface area contributed by atoms with E-state index in [9.17, 15) is 4.79 Å². The van der Waals surface area contributed by atoms with Crippen molar-refractivity contribution in [2.24, 2.45) is 0 Å². The standard InChI is InChI=1S/C19H22BrN5O/c1-12-6-5-7-16(8-12)10-24-11-17(9-21-24)22-19(26)15(4)25-14(3)18(20)13(2)23-25/h5-9,11,15H,10H2,1-4H3,(H,22,26). The minimum absolute atomic E-state index is 0.127. The Morgan fingerprint density at radius 1 is 1.31 bits per heavy atom. The minimum Gasteiger partial charge on any atom is -0.322 e. The van der Waals surface area contributed by atoms with E-state index in [1.54, 1.807) is 10.9 Å². The van der Waals surface area contributed by atoms with Crippen molar-refractivity contribution in [1.29, 1.82) is 0 Å². The second-order valence-corrected chi connectivity index (χ2v) is 7.30. The molecular weight excluding hydrogens is 394 g/mol. The summed E-state index contributed by atoms with van der Waals surface area (Å²) in [7, 11) is 0. The van der Waals surface area contributed by atoms with E-state index in [0.717, 1.165) is 15.9 Å². The fourth-order valence-electron chi connectivity index (χ4n) is 2.89. The molecule has 1 atom stereocenters. The Bertz CT molecular complexity index is 943. The molecular formula is C19H22BrN5O. The molecule has 136 valence electrons. The summed E-state index contributed by atoms with van der Waals surface area (Å²) < 4.78 is 4.48. The van der Waals surface area contributed by atoms with Crippen LogP contribution >= 0.6 is 15.9 Å². The number of nitrogens with one attached hydrogen (secondary N) is 1. The number of aryl methyl sites for hydroxylation is 2. The number of benzene rings is 1. The number of hydrogen-bond acceptors (Lipinski definition) is 3. The first kappa shape index (κ1) is 18.4. The summed E-state index contributed by atoms with van der Waals surface area (Å²) in [5.74, 6) is -0.127. The van der Waals surface area contributed by atoms with Crippen LogP contribution in [0.3, 0.4) is 0 Å². The van der Waals surface area contributed by atoms with Crippen molar-refractivity contribution in [3.05, 3.63) is 63.6 Å². The normalized spacial score (nSPS) is 12.2. The summed E-state index contributed by atoms with van der Waals surface area (Å²) in [4.78, 5) is 12.6. The van der Waals surface area contributed by atoms with Crippen LogP contribution < -0.4 is 5.32 Å². The van der Waals surface area contributed by atoms with Gasteiger partial charge in [0.25, 0.3) is 0 Å². The van der Waals surface area contributed by atoms with Gasteiger partial charge in [-0.3, -0.25) is 14.2 Å². The molecule has 0 radical (unpaired) electrons. The highest BCUT2D eigenvalue weighted by Crippen LogP contribution is 2.23. The predicted molar refractivity (Wildman–Crippen MR) is 105 cm³/mol. The number of aromatic nitrogens is 4. The van der Waals surface area contributed by atoms with Crippen LogP contribution in [0.2, 0.25) is 0 Å². The van der Waals surface area contributed by atoms with Crippen molar-refractivity contribution in [2.75, 3.05) is 5.32 Å². The molecule has 2 aromatic heterocycles. The van der Waals surface area contributed by atoms with E-state index in [2.05, 4.69) is 56.6 Å². The van der Waals surface area contributed by atoms with Crippen molar-refractivity contribution < 1.29 is 4.79 Å². The van der Waals surface area contributed by atoms with Crippen molar-refractivity contribution in [3.8, 4) is 0 Å². The summed E-state index contributed by atoms with van der Waals surface area (Å²) in [6.45, 7) is 8.41. The average molecular weight is 416 g/mol. The molecule has 2 heterocycles. The van der Waals surface area contributed by atoms with Gasteiger partial charge in [-0.25, -0.2) is 0 Å². The van der Waals surface area contributed by atoms with E-state index in [-0.39, 0.29) is 5.91 Å². The first-order valence-corrected chi connectivity index (χ1v) is 9.24. The number of hydrogen-bond donors (Lipinski definition) is 1. The zero-order valence-corrected chi connectivity index (χ0v) is 16.9. The third-order valence-corrected chi connectivity index (χ3v) is 5.46. The van der Waals surface area contributed by atoms with E-state index in [1.165, 1.54) is 11.1 Å². The largest absolute Gasteiger partial charge is 0.322 e. The Morgan fingerprint density at radius 2 is 2.08 bits per heavy atom. The van der Waals surface area contributed by atoms with Crippen LogP contribution in [0.4, 0.5) is 5.69 Å². The molecule has 3 rings (SSSR count). The molecule has 1 aromatic carbocycles. The highest BCUT2D eigenvalue weighted by atomic mass is 79.9. The van der Waals surface area contributed by atoms with Crippen LogP contribution in [0.25, 0.3) is 0 Å². The summed E-state index contributed by atoms with van der Waals surface area (Å²) in [6.07, 6.45) is 3.50. The van der Waals surface area contributed by atoms with Crippen LogP contribution in [0.15, 0.2) is 41.1 Å². The molecule has 7 heteroatoms. The van der Waals surface area contributed by atoms with Gasteiger partial charge in [-0.15, -0.1) is 0 Å². The number of rotatable bonds is 5. The Labute approximate surface area is 161 Å². The van der Waals surface area contributed by atoms with Gasteiger partial charge < -0.3 is 5.32 Å². The second-order valence-electron chi connectivity index (χ2n) is 6.51. The molecule has 1 N–H and O–H groups in total. The van der Waals surface area contributed by atoms with Gasteiger partial charge in [-0.2, -0.15) is 10.2 Å². The molecule has 3 aromatic rings. The van der Waals surface area contributed by atoms with Crippen molar-refractivity contribution in [2.45, 2.75) is 40.3 Å². The lowest BCUT2D eigenvalue weighted by molar-refractivity contribution is -0.119. The van der Waals surface area contributed by atoms with E-state index >= 15 is 0 Å². The number of amides is 1. The second kappa shape index (κ2) is 7.45. The molecule has 0 aliphatic heterocycles. The molecule has 6 nitrogen and oxygen atoms in total. The van der Waals surface area contributed by atoms with Crippen LogP contribution in [-0.4, -0.2) is 25.5 Å². The first-order chi connectivity index (χ1) is 12.3. The maximum Gasteiger partial charge on any atom is 0.249 e. The van der Waals surface area contributed by atoms with E-state index in [0.29, 0.717) is 12.2 Å². The van der Waals surface area contributed by atoms with Crippen molar-refractivity contribution >= 4 is 27.5 Å². The number of halogens is 1. The molecule has 0 fully saturated rings. The minimum atomic E-state index is -0.417. The molecule has 1 amide bonds. The molecule has 0 aliphatic carbocycles. The summed E-state index contributed by atoms with van der Waals surface area (Å²) in [5, 5.41) is 11.7. The molecule has 26 heavy (non-hydrogen) atoms. The van der Waals surface area contributed by atoms with Gasteiger partial charge in [0, 0.05) is 6.20 Å². The monoisotopic (exact) mass is 415 g/mol. The lowest BCUT2D eigenvalue weighted by Crippen LogP contribution is -2.25. The average Bonchev–Trinajstić information content (AvgIpc) is 3.13. The highest BCUT2D eigenvalue weighted by Gasteiger charge is 2.20. The fourth-order valence-corrected chi connectivity index (χ4v) is 3.15. The Kier molecular flexibility index (Phi) is 5.27. The quantitative estimate of drug-likeness (QED) is 0.684.